The van der Waals surface area contributed by atoms with E-state index >= 15 is 0 Å². The van der Waals surface area contributed by atoms with Gasteiger partial charge in [0.15, 0.2) is 0 Å². The monoisotopic (exact) mass is 163 g/mol. The molecular weight excluding hydrogens is 150 g/mol. The van der Waals surface area contributed by atoms with Crippen LogP contribution in [0, 0.1) is 5.41 Å². The summed E-state index contributed by atoms with van der Waals surface area (Å²) < 4.78 is 0. The van der Waals surface area contributed by atoms with Crippen LogP contribution in [0.2, 0.25) is 0 Å². The van der Waals surface area contributed by atoms with Crippen LogP contribution in [0.5, 0.6) is 5.75 Å². The molecule has 0 saturated heterocycles. The summed E-state index contributed by atoms with van der Waals surface area (Å²) in [6.07, 6.45) is 0.908. The number of rotatable bonds is 2. The Hall–Kier alpha value is -1.31. The molecule has 0 aliphatic carbocycles. The Morgan fingerprint density at radius 3 is 2.58 bits per heavy atom. The molecule has 0 aromatic heterocycles. The van der Waals surface area contributed by atoms with Crippen LogP contribution >= 0.6 is 0 Å². The van der Waals surface area contributed by atoms with Crippen LogP contribution in [0.4, 0.5) is 0 Å². The van der Waals surface area contributed by atoms with E-state index in [1.807, 2.05) is 13.0 Å². The van der Waals surface area contributed by atoms with Gasteiger partial charge in [0.05, 0.1) is 0 Å². The van der Waals surface area contributed by atoms with Crippen molar-refractivity contribution < 1.29 is 5.11 Å². The van der Waals surface area contributed by atoms with Gasteiger partial charge in [0, 0.05) is 11.3 Å². The number of benzene rings is 1. The van der Waals surface area contributed by atoms with Crippen LogP contribution in [0.1, 0.15) is 25.0 Å². The Balaban J connectivity index is 3.12. The molecular formula is C10H13NO. The van der Waals surface area contributed by atoms with Crippen molar-refractivity contribution in [3.63, 3.8) is 0 Å². The molecule has 2 heteroatoms. The molecule has 0 bridgehead atoms. The van der Waals surface area contributed by atoms with Crippen molar-refractivity contribution >= 4 is 5.71 Å². The van der Waals surface area contributed by atoms with E-state index in [9.17, 15) is 5.11 Å². The standard InChI is InChI=1S/C10H13NO/c1-3-8-4-5-9(7(2)11)10(12)6-8/h4-6,11-12H,3H2,1-2H3. The van der Waals surface area contributed by atoms with E-state index in [-0.39, 0.29) is 5.75 Å². The lowest BCUT2D eigenvalue weighted by atomic mass is 10.1. The highest BCUT2D eigenvalue weighted by Crippen LogP contribution is 2.19. The second-order valence-corrected chi connectivity index (χ2v) is 2.83. The first kappa shape index (κ1) is 8.78. The smallest absolute Gasteiger partial charge is 0.124 e. The van der Waals surface area contributed by atoms with Crippen LogP contribution in [-0.4, -0.2) is 10.8 Å². The van der Waals surface area contributed by atoms with Crippen molar-refractivity contribution in [1.29, 1.82) is 5.41 Å². The maximum Gasteiger partial charge on any atom is 0.124 e. The van der Waals surface area contributed by atoms with Gasteiger partial charge in [-0.15, -0.1) is 0 Å². The van der Waals surface area contributed by atoms with Gasteiger partial charge in [-0.25, -0.2) is 0 Å². The second-order valence-electron chi connectivity index (χ2n) is 2.83. The van der Waals surface area contributed by atoms with E-state index in [0.29, 0.717) is 11.3 Å². The molecule has 64 valence electrons. The predicted octanol–water partition coefficient (Wildman–Crippen LogP) is 2.34. The quantitative estimate of drug-likeness (QED) is 0.646. The summed E-state index contributed by atoms with van der Waals surface area (Å²) in [7, 11) is 0. The zero-order valence-corrected chi connectivity index (χ0v) is 7.39. The van der Waals surface area contributed by atoms with E-state index in [0.717, 1.165) is 12.0 Å². The molecule has 0 aliphatic rings. The van der Waals surface area contributed by atoms with Crippen molar-refractivity contribution in [3.05, 3.63) is 29.3 Å². The Kier molecular flexibility index (Phi) is 2.48. The summed E-state index contributed by atoms with van der Waals surface area (Å²) in [6, 6.07) is 5.44. The van der Waals surface area contributed by atoms with E-state index in [2.05, 4.69) is 0 Å². The molecule has 12 heavy (non-hydrogen) atoms. The fourth-order valence-electron chi connectivity index (χ4n) is 1.11. The number of phenolic OH excluding ortho intramolecular Hbond substituents is 1. The third-order valence-electron chi connectivity index (χ3n) is 1.87. The third kappa shape index (κ3) is 1.64. The fourth-order valence-corrected chi connectivity index (χ4v) is 1.11. The number of phenols is 1. The van der Waals surface area contributed by atoms with Gasteiger partial charge < -0.3 is 10.5 Å². The molecule has 1 aromatic carbocycles. The van der Waals surface area contributed by atoms with Gasteiger partial charge in [0.1, 0.15) is 5.75 Å². The van der Waals surface area contributed by atoms with Crippen LogP contribution < -0.4 is 0 Å². The molecule has 1 rings (SSSR count). The highest BCUT2D eigenvalue weighted by atomic mass is 16.3. The largest absolute Gasteiger partial charge is 0.507 e. The summed E-state index contributed by atoms with van der Waals surface area (Å²) in [5.41, 5.74) is 2.11. The third-order valence-corrected chi connectivity index (χ3v) is 1.87. The second kappa shape index (κ2) is 3.39. The van der Waals surface area contributed by atoms with Crippen molar-refractivity contribution in [2.45, 2.75) is 20.3 Å². The van der Waals surface area contributed by atoms with E-state index in [1.165, 1.54) is 0 Å². The lowest BCUT2D eigenvalue weighted by molar-refractivity contribution is 0.473. The molecule has 0 unspecified atom stereocenters. The molecule has 0 atom stereocenters. The van der Waals surface area contributed by atoms with Gasteiger partial charge in [0.25, 0.3) is 0 Å². The maximum atomic E-state index is 9.45. The molecule has 0 amide bonds. The minimum absolute atomic E-state index is 0.210. The Labute approximate surface area is 72.4 Å². The van der Waals surface area contributed by atoms with Crippen LogP contribution in [0.25, 0.3) is 0 Å². The molecule has 1 aromatic rings. The Morgan fingerprint density at radius 2 is 2.17 bits per heavy atom. The molecule has 0 radical (unpaired) electrons. The lowest BCUT2D eigenvalue weighted by Crippen LogP contribution is -1.93. The normalized spacial score (nSPS) is 9.83. The van der Waals surface area contributed by atoms with Gasteiger partial charge in [-0.2, -0.15) is 0 Å². The zero-order valence-electron chi connectivity index (χ0n) is 7.39. The summed E-state index contributed by atoms with van der Waals surface area (Å²) in [4.78, 5) is 0. The minimum atomic E-state index is 0.210. The van der Waals surface area contributed by atoms with Crippen molar-refractivity contribution in [2.24, 2.45) is 0 Å². The molecule has 2 N–H and O–H groups in total. The highest BCUT2D eigenvalue weighted by Gasteiger charge is 2.02. The molecule has 2 nitrogen and oxygen atoms in total. The van der Waals surface area contributed by atoms with Crippen LogP contribution in [0.15, 0.2) is 18.2 Å². The summed E-state index contributed by atoms with van der Waals surface area (Å²) in [6.45, 7) is 3.70. The lowest BCUT2D eigenvalue weighted by Gasteiger charge is -2.03. The van der Waals surface area contributed by atoms with Gasteiger partial charge in [-0.3, -0.25) is 0 Å². The van der Waals surface area contributed by atoms with Gasteiger partial charge in [-0.1, -0.05) is 13.0 Å². The number of aryl methyl sites for hydroxylation is 1. The van der Waals surface area contributed by atoms with E-state index in [4.69, 9.17) is 5.41 Å². The number of hydrogen-bond acceptors (Lipinski definition) is 2. The van der Waals surface area contributed by atoms with Gasteiger partial charge >= 0.3 is 0 Å². The van der Waals surface area contributed by atoms with Gasteiger partial charge in [-0.05, 0) is 31.0 Å². The summed E-state index contributed by atoms with van der Waals surface area (Å²) >= 11 is 0. The topological polar surface area (TPSA) is 44.1 Å². The SMILES string of the molecule is CCc1ccc(C(C)=N)c(O)c1. The van der Waals surface area contributed by atoms with Crippen LogP contribution in [-0.2, 0) is 6.42 Å². The number of hydrogen-bond donors (Lipinski definition) is 2. The zero-order chi connectivity index (χ0) is 9.14. The van der Waals surface area contributed by atoms with Gasteiger partial charge in [0.2, 0.25) is 0 Å². The van der Waals surface area contributed by atoms with Crippen molar-refractivity contribution in [3.8, 4) is 5.75 Å². The van der Waals surface area contributed by atoms with E-state index < -0.39 is 0 Å². The Bertz CT molecular complexity index is 305. The minimum Gasteiger partial charge on any atom is -0.507 e. The first-order valence-corrected chi connectivity index (χ1v) is 4.02. The average molecular weight is 163 g/mol. The predicted molar refractivity (Wildman–Crippen MR) is 50.0 cm³/mol. The molecule has 0 spiro atoms. The summed E-state index contributed by atoms with van der Waals surface area (Å²) in [5.74, 6) is 0.210. The first-order valence-electron chi connectivity index (χ1n) is 4.02. The van der Waals surface area contributed by atoms with Crippen molar-refractivity contribution in [1.82, 2.24) is 0 Å². The average Bonchev–Trinajstić information content (AvgIpc) is 2.03. The molecule has 0 fully saturated rings. The first-order chi connectivity index (χ1) is 5.65. The molecule has 0 heterocycles. The maximum absolute atomic E-state index is 9.45. The summed E-state index contributed by atoms with van der Waals surface area (Å²) in [5, 5.41) is 16.8. The van der Waals surface area contributed by atoms with Crippen molar-refractivity contribution in [2.75, 3.05) is 0 Å². The molecule has 0 aliphatic heterocycles. The molecule has 0 saturated carbocycles. The number of nitrogens with one attached hydrogen (secondary N) is 1. The highest BCUT2D eigenvalue weighted by molar-refractivity contribution is 5.98. The fraction of sp³-hybridized carbons (Fsp3) is 0.300. The Morgan fingerprint density at radius 1 is 1.50 bits per heavy atom. The van der Waals surface area contributed by atoms with E-state index in [1.54, 1.807) is 19.1 Å². The van der Waals surface area contributed by atoms with Crippen LogP contribution in [0.3, 0.4) is 0 Å². The number of aromatic hydroxyl groups is 1.